The second-order valence-corrected chi connectivity index (χ2v) is 8.13. The van der Waals surface area contributed by atoms with Crippen LogP contribution in [-0.2, 0) is 11.3 Å². The summed E-state index contributed by atoms with van der Waals surface area (Å²) in [4.78, 5) is 16.8. The van der Waals surface area contributed by atoms with E-state index in [0.717, 1.165) is 37.7 Å². The number of carbonyl (C=O) groups excluding carboxylic acids is 1. The number of rotatable bonds is 5. The highest BCUT2D eigenvalue weighted by molar-refractivity contribution is 6.44. The van der Waals surface area contributed by atoms with E-state index in [1.807, 2.05) is 18.2 Å². The Morgan fingerprint density at radius 2 is 1.56 bits per heavy atom. The number of anilines is 1. The van der Waals surface area contributed by atoms with Crippen LogP contribution < -0.4 is 5.32 Å². The average Bonchev–Trinajstić information content (AvgIpc) is 2.61. The van der Waals surface area contributed by atoms with Gasteiger partial charge in [0.25, 0.3) is 0 Å². The van der Waals surface area contributed by atoms with Crippen LogP contribution in [0.4, 0.5) is 5.69 Å². The van der Waals surface area contributed by atoms with E-state index in [1.54, 1.807) is 6.07 Å². The van der Waals surface area contributed by atoms with Crippen LogP contribution in [0.2, 0.25) is 20.1 Å². The molecule has 0 bridgehead atoms. The van der Waals surface area contributed by atoms with Crippen molar-refractivity contribution >= 4 is 58.0 Å². The van der Waals surface area contributed by atoms with Crippen molar-refractivity contribution < 1.29 is 4.79 Å². The zero-order valence-electron chi connectivity index (χ0n) is 14.5. The summed E-state index contributed by atoms with van der Waals surface area (Å²) in [6.07, 6.45) is 0. The predicted octanol–water partition coefficient (Wildman–Crippen LogP) is 5.06. The zero-order chi connectivity index (χ0) is 19.4. The van der Waals surface area contributed by atoms with Gasteiger partial charge in [-0.1, -0.05) is 58.5 Å². The lowest BCUT2D eigenvalue weighted by molar-refractivity contribution is -0.117. The summed E-state index contributed by atoms with van der Waals surface area (Å²) in [5, 5.41) is 4.63. The normalized spacial score (nSPS) is 15.7. The summed E-state index contributed by atoms with van der Waals surface area (Å²) in [7, 11) is 0. The molecule has 0 aliphatic carbocycles. The Hall–Kier alpha value is -1.01. The minimum Gasteiger partial charge on any atom is -0.324 e. The minimum atomic E-state index is -0.126. The minimum absolute atomic E-state index is 0.126. The molecule has 144 valence electrons. The molecule has 0 unspecified atom stereocenters. The van der Waals surface area contributed by atoms with Crippen LogP contribution in [0.3, 0.4) is 0 Å². The van der Waals surface area contributed by atoms with E-state index in [-0.39, 0.29) is 5.91 Å². The molecule has 1 heterocycles. The summed E-state index contributed by atoms with van der Waals surface area (Å²) in [6, 6.07) is 11.0. The van der Waals surface area contributed by atoms with Crippen LogP contribution in [-0.4, -0.2) is 48.4 Å². The van der Waals surface area contributed by atoms with Gasteiger partial charge in [0.2, 0.25) is 5.91 Å². The standard InChI is InChI=1S/C19H19Cl4N3O/c20-14-3-1-2-13(8-14)11-25-4-6-26(7-5-25)12-19(27)24-18-10-16(22)15(21)9-17(18)23/h1-3,8-10H,4-7,11-12H2,(H,24,27). The molecule has 1 N–H and O–H groups in total. The molecule has 0 saturated carbocycles. The molecule has 2 aromatic carbocycles. The van der Waals surface area contributed by atoms with Gasteiger partial charge in [-0.2, -0.15) is 0 Å². The number of nitrogens with one attached hydrogen (secondary N) is 1. The predicted molar refractivity (Wildman–Crippen MR) is 113 cm³/mol. The summed E-state index contributed by atoms with van der Waals surface area (Å²) in [5.41, 5.74) is 1.67. The highest BCUT2D eigenvalue weighted by Gasteiger charge is 2.19. The van der Waals surface area contributed by atoms with Gasteiger partial charge in [0, 0.05) is 37.7 Å². The summed E-state index contributed by atoms with van der Waals surface area (Å²) >= 11 is 24.0. The van der Waals surface area contributed by atoms with Gasteiger partial charge in [-0.05, 0) is 29.8 Å². The maximum atomic E-state index is 12.3. The van der Waals surface area contributed by atoms with Crippen molar-refractivity contribution in [2.45, 2.75) is 6.54 Å². The third-order valence-electron chi connectivity index (χ3n) is 4.41. The molecule has 4 nitrogen and oxygen atoms in total. The number of nitrogens with zero attached hydrogens (tertiary/aromatic N) is 2. The van der Waals surface area contributed by atoms with Crippen molar-refractivity contribution in [3.8, 4) is 0 Å². The Labute approximate surface area is 178 Å². The second kappa shape index (κ2) is 9.46. The van der Waals surface area contributed by atoms with Gasteiger partial charge >= 0.3 is 0 Å². The molecule has 27 heavy (non-hydrogen) atoms. The van der Waals surface area contributed by atoms with Gasteiger partial charge in [0.15, 0.2) is 0 Å². The molecule has 1 amide bonds. The fraction of sp³-hybridized carbons (Fsp3) is 0.316. The highest BCUT2D eigenvalue weighted by atomic mass is 35.5. The Kier molecular flexibility index (Phi) is 7.26. The molecule has 2 aromatic rings. The Morgan fingerprint density at radius 3 is 2.26 bits per heavy atom. The van der Waals surface area contributed by atoms with Crippen molar-refractivity contribution in [1.82, 2.24) is 9.80 Å². The molecule has 1 aliphatic heterocycles. The molecule has 0 atom stereocenters. The SMILES string of the molecule is O=C(CN1CCN(Cc2cccc(Cl)c2)CC1)Nc1cc(Cl)c(Cl)cc1Cl. The molecular formula is C19H19Cl4N3O. The van der Waals surface area contributed by atoms with E-state index in [2.05, 4.69) is 21.2 Å². The van der Waals surface area contributed by atoms with Crippen molar-refractivity contribution in [1.29, 1.82) is 0 Å². The topological polar surface area (TPSA) is 35.6 Å². The summed E-state index contributed by atoms with van der Waals surface area (Å²) < 4.78 is 0. The van der Waals surface area contributed by atoms with Crippen LogP contribution in [0.5, 0.6) is 0 Å². The number of halogens is 4. The smallest absolute Gasteiger partial charge is 0.238 e. The van der Waals surface area contributed by atoms with Crippen LogP contribution in [0, 0.1) is 0 Å². The van der Waals surface area contributed by atoms with E-state index in [4.69, 9.17) is 46.4 Å². The fourth-order valence-electron chi connectivity index (χ4n) is 3.01. The molecule has 3 rings (SSSR count). The van der Waals surface area contributed by atoms with Crippen LogP contribution >= 0.6 is 46.4 Å². The average molecular weight is 447 g/mol. The lowest BCUT2D eigenvalue weighted by Gasteiger charge is -2.34. The van der Waals surface area contributed by atoms with Crippen molar-refractivity contribution in [2.24, 2.45) is 0 Å². The lowest BCUT2D eigenvalue weighted by atomic mass is 10.2. The lowest BCUT2D eigenvalue weighted by Crippen LogP contribution is -2.48. The van der Waals surface area contributed by atoms with E-state index in [9.17, 15) is 4.79 Å². The van der Waals surface area contributed by atoms with E-state index in [1.165, 1.54) is 11.6 Å². The molecular weight excluding hydrogens is 428 g/mol. The molecule has 8 heteroatoms. The van der Waals surface area contributed by atoms with Gasteiger partial charge in [-0.25, -0.2) is 0 Å². The Morgan fingerprint density at radius 1 is 0.889 bits per heavy atom. The molecule has 0 radical (unpaired) electrons. The van der Waals surface area contributed by atoms with Crippen molar-refractivity contribution in [2.75, 3.05) is 38.0 Å². The number of carbonyl (C=O) groups is 1. The number of hydrogen-bond acceptors (Lipinski definition) is 3. The van der Waals surface area contributed by atoms with Gasteiger partial charge in [-0.3, -0.25) is 14.6 Å². The molecule has 1 fully saturated rings. The first kappa shape index (κ1) is 20.7. The van der Waals surface area contributed by atoms with Gasteiger partial charge in [0.1, 0.15) is 0 Å². The Balaban J connectivity index is 1.47. The van der Waals surface area contributed by atoms with Crippen LogP contribution in [0.15, 0.2) is 36.4 Å². The molecule has 1 saturated heterocycles. The number of benzene rings is 2. The largest absolute Gasteiger partial charge is 0.324 e. The number of piperazine rings is 1. The quantitative estimate of drug-likeness (QED) is 0.652. The monoisotopic (exact) mass is 445 g/mol. The molecule has 0 spiro atoms. The van der Waals surface area contributed by atoms with E-state index in [0.29, 0.717) is 27.3 Å². The Bertz CT molecular complexity index is 823. The number of hydrogen-bond donors (Lipinski definition) is 1. The number of amides is 1. The second-order valence-electron chi connectivity index (χ2n) is 6.48. The fourth-order valence-corrected chi connectivity index (χ4v) is 3.82. The van der Waals surface area contributed by atoms with Crippen LogP contribution in [0.25, 0.3) is 0 Å². The maximum Gasteiger partial charge on any atom is 0.238 e. The van der Waals surface area contributed by atoms with Crippen LogP contribution in [0.1, 0.15) is 5.56 Å². The van der Waals surface area contributed by atoms with Gasteiger partial charge < -0.3 is 5.32 Å². The van der Waals surface area contributed by atoms with Gasteiger partial charge in [-0.15, -0.1) is 0 Å². The summed E-state index contributed by atoms with van der Waals surface area (Å²) in [5.74, 6) is -0.126. The maximum absolute atomic E-state index is 12.3. The van der Waals surface area contributed by atoms with Gasteiger partial charge in [0.05, 0.1) is 27.3 Å². The van der Waals surface area contributed by atoms with E-state index >= 15 is 0 Å². The zero-order valence-corrected chi connectivity index (χ0v) is 17.5. The van der Waals surface area contributed by atoms with Crippen molar-refractivity contribution in [3.05, 3.63) is 62.1 Å². The highest BCUT2D eigenvalue weighted by Crippen LogP contribution is 2.32. The molecule has 0 aromatic heterocycles. The first-order chi connectivity index (χ1) is 12.9. The third kappa shape index (κ3) is 5.98. The third-order valence-corrected chi connectivity index (χ3v) is 5.68. The first-order valence-electron chi connectivity index (χ1n) is 8.54. The van der Waals surface area contributed by atoms with Crippen molar-refractivity contribution in [3.63, 3.8) is 0 Å². The molecule has 1 aliphatic rings. The summed E-state index contributed by atoms with van der Waals surface area (Å²) in [6.45, 7) is 4.61. The first-order valence-corrected chi connectivity index (χ1v) is 10.1. The van der Waals surface area contributed by atoms with E-state index < -0.39 is 0 Å².